The van der Waals surface area contributed by atoms with Gasteiger partial charge < -0.3 is 9.47 Å². The molecule has 1 aliphatic heterocycles. The number of hydrogen-bond donors (Lipinski definition) is 0. The van der Waals surface area contributed by atoms with Gasteiger partial charge in [0.05, 0.1) is 6.61 Å². The second-order valence-corrected chi connectivity index (χ2v) is 9.36. The van der Waals surface area contributed by atoms with E-state index in [9.17, 15) is 14.9 Å². The van der Waals surface area contributed by atoms with Gasteiger partial charge in [-0.15, -0.1) is 0 Å². The second-order valence-electron chi connectivity index (χ2n) is 9.36. The normalized spacial score (nSPS) is 17.9. The molecule has 186 valence electrons. The number of nitriles is 1. The van der Waals surface area contributed by atoms with Crippen LogP contribution in [0.1, 0.15) is 62.6 Å². The number of carbonyl (C=O) groups excluding carboxylic acids is 2. The Morgan fingerprint density at radius 3 is 2.36 bits per heavy atom. The van der Waals surface area contributed by atoms with Gasteiger partial charge in [-0.3, -0.25) is 14.5 Å². The summed E-state index contributed by atoms with van der Waals surface area (Å²) in [5.41, 5.74) is 3.80. The van der Waals surface area contributed by atoms with Crippen molar-refractivity contribution in [1.82, 2.24) is 4.90 Å². The van der Waals surface area contributed by atoms with Crippen molar-refractivity contribution >= 4 is 17.9 Å². The minimum atomic E-state index is -0.473. The Morgan fingerprint density at radius 2 is 1.69 bits per heavy atom. The molecule has 1 aliphatic carbocycles. The average molecular weight is 485 g/mol. The van der Waals surface area contributed by atoms with Gasteiger partial charge in [0.1, 0.15) is 18.2 Å². The van der Waals surface area contributed by atoms with Gasteiger partial charge in [-0.2, -0.15) is 5.26 Å². The Labute approximate surface area is 212 Å². The number of ether oxygens (including phenoxy) is 2. The van der Waals surface area contributed by atoms with Crippen LogP contribution >= 0.6 is 0 Å². The molecule has 6 heteroatoms. The highest BCUT2D eigenvalue weighted by Gasteiger charge is 2.39. The van der Waals surface area contributed by atoms with E-state index in [2.05, 4.69) is 0 Å². The first-order valence-electron chi connectivity index (χ1n) is 12.6. The van der Waals surface area contributed by atoms with Crippen LogP contribution < -0.4 is 9.47 Å². The predicted octanol–water partition coefficient (Wildman–Crippen LogP) is 5.90. The maximum Gasteiger partial charge on any atom is 0.271 e. The van der Waals surface area contributed by atoms with Gasteiger partial charge in [0.15, 0.2) is 11.5 Å². The number of aryl methyl sites for hydroxylation is 1. The van der Waals surface area contributed by atoms with Crippen LogP contribution in [0.2, 0.25) is 0 Å². The van der Waals surface area contributed by atoms with E-state index in [1.54, 1.807) is 13.0 Å². The lowest BCUT2D eigenvalue weighted by Gasteiger charge is -2.36. The lowest BCUT2D eigenvalue weighted by Crippen LogP contribution is -2.49. The van der Waals surface area contributed by atoms with E-state index in [0.29, 0.717) is 35.9 Å². The maximum atomic E-state index is 13.5. The summed E-state index contributed by atoms with van der Waals surface area (Å²) >= 11 is 0. The molecule has 0 N–H and O–H groups in total. The van der Waals surface area contributed by atoms with Crippen molar-refractivity contribution in [2.24, 2.45) is 0 Å². The van der Waals surface area contributed by atoms with Crippen molar-refractivity contribution in [2.45, 2.75) is 65.5 Å². The fourth-order valence-corrected chi connectivity index (χ4v) is 4.78. The number of nitrogens with zero attached hydrogens (tertiary/aromatic N) is 2. The van der Waals surface area contributed by atoms with Crippen molar-refractivity contribution in [3.8, 4) is 17.6 Å². The number of rotatable bonds is 7. The molecule has 0 atom stereocenters. The van der Waals surface area contributed by atoms with E-state index in [-0.39, 0.29) is 17.5 Å². The van der Waals surface area contributed by atoms with Gasteiger partial charge in [-0.05, 0) is 68.5 Å². The molecule has 1 saturated carbocycles. The summed E-state index contributed by atoms with van der Waals surface area (Å²) < 4.78 is 11.9. The fraction of sp³-hybridized carbons (Fsp3) is 0.367. The SMILES string of the molecule is CCOc1cc(/C=C2/C(=O)N(C3CCCCC3)C(=O)C(C#N)=C2C)ccc1OCc1ccc(C)cc1. The molecule has 0 spiro atoms. The summed E-state index contributed by atoms with van der Waals surface area (Å²) in [7, 11) is 0. The number of imide groups is 1. The molecular weight excluding hydrogens is 452 g/mol. The van der Waals surface area contributed by atoms with Crippen molar-refractivity contribution < 1.29 is 19.1 Å². The molecule has 4 rings (SSSR count). The van der Waals surface area contributed by atoms with Crippen LogP contribution in [0.25, 0.3) is 6.08 Å². The maximum absolute atomic E-state index is 13.5. The largest absolute Gasteiger partial charge is 0.490 e. The Hall–Kier alpha value is -3.85. The minimum absolute atomic E-state index is 0.0366. The van der Waals surface area contributed by atoms with E-state index >= 15 is 0 Å². The Balaban J connectivity index is 1.64. The van der Waals surface area contributed by atoms with E-state index in [4.69, 9.17) is 9.47 Å². The van der Waals surface area contributed by atoms with Gasteiger partial charge in [0, 0.05) is 11.6 Å². The van der Waals surface area contributed by atoms with Gasteiger partial charge in [-0.25, -0.2) is 0 Å². The smallest absolute Gasteiger partial charge is 0.271 e. The van der Waals surface area contributed by atoms with Gasteiger partial charge in [0.25, 0.3) is 11.8 Å². The van der Waals surface area contributed by atoms with Crippen molar-refractivity contribution in [3.05, 3.63) is 75.9 Å². The molecule has 6 nitrogen and oxygen atoms in total. The number of benzene rings is 2. The molecule has 2 aromatic rings. The number of amides is 2. The molecule has 36 heavy (non-hydrogen) atoms. The third kappa shape index (κ3) is 5.36. The lowest BCUT2D eigenvalue weighted by molar-refractivity contribution is -0.143. The summed E-state index contributed by atoms with van der Waals surface area (Å²) in [5.74, 6) is 0.378. The Bertz CT molecular complexity index is 1240. The molecular formula is C30H32N2O4. The quantitative estimate of drug-likeness (QED) is 0.361. The molecule has 0 bridgehead atoms. The predicted molar refractivity (Wildman–Crippen MR) is 138 cm³/mol. The summed E-state index contributed by atoms with van der Waals surface area (Å²) in [4.78, 5) is 27.9. The zero-order valence-electron chi connectivity index (χ0n) is 21.2. The van der Waals surface area contributed by atoms with Gasteiger partial charge >= 0.3 is 0 Å². The number of hydrogen-bond acceptors (Lipinski definition) is 5. The highest BCUT2D eigenvalue weighted by Crippen LogP contribution is 2.34. The molecule has 1 fully saturated rings. The van der Waals surface area contributed by atoms with Gasteiger partial charge in [-0.1, -0.05) is 55.2 Å². The van der Waals surface area contributed by atoms with Crippen molar-refractivity contribution in [2.75, 3.05) is 6.61 Å². The van der Waals surface area contributed by atoms with Crippen LogP contribution in [-0.2, 0) is 16.2 Å². The fourth-order valence-electron chi connectivity index (χ4n) is 4.78. The van der Waals surface area contributed by atoms with Crippen molar-refractivity contribution in [1.29, 1.82) is 5.26 Å². The molecule has 0 radical (unpaired) electrons. The third-order valence-electron chi connectivity index (χ3n) is 6.81. The van der Waals surface area contributed by atoms with Crippen LogP contribution in [0.3, 0.4) is 0 Å². The van der Waals surface area contributed by atoms with E-state index < -0.39 is 5.91 Å². The molecule has 0 aromatic heterocycles. The molecule has 0 saturated heterocycles. The van der Waals surface area contributed by atoms with E-state index in [0.717, 1.165) is 43.2 Å². The van der Waals surface area contributed by atoms with Crippen molar-refractivity contribution in [3.63, 3.8) is 0 Å². The summed E-state index contributed by atoms with van der Waals surface area (Å²) in [6, 6.07) is 15.5. The molecule has 2 aromatic carbocycles. The first-order valence-corrected chi connectivity index (χ1v) is 12.6. The highest BCUT2D eigenvalue weighted by molar-refractivity contribution is 6.19. The first-order chi connectivity index (χ1) is 17.4. The van der Waals surface area contributed by atoms with Crippen LogP contribution in [-0.4, -0.2) is 29.4 Å². The molecule has 0 unspecified atom stereocenters. The minimum Gasteiger partial charge on any atom is -0.490 e. The second kappa shape index (κ2) is 11.3. The monoisotopic (exact) mass is 484 g/mol. The molecule has 2 amide bonds. The van der Waals surface area contributed by atoms with Gasteiger partial charge in [0.2, 0.25) is 0 Å². The summed E-state index contributed by atoms with van der Waals surface area (Å²) in [6.45, 7) is 6.48. The average Bonchev–Trinajstić information content (AvgIpc) is 2.88. The molecule has 2 aliphatic rings. The Morgan fingerprint density at radius 1 is 0.972 bits per heavy atom. The zero-order valence-corrected chi connectivity index (χ0v) is 21.2. The first kappa shape index (κ1) is 25.2. The van der Waals surface area contributed by atoms with Crippen LogP contribution in [0.4, 0.5) is 0 Å². The van der Waals surface area contributed by atoms with Crippen LogP contribution in [0.5, 0.6) is 11.5 Å². The third-order valence-corrected chi connectivity index (χ3v) is 6.81. The lowest BCUT2D eigenvalue weighted by atomic mass is 9.88. The van der Waals surface area contributed by atoms with E-state index in [1.165, 1.54) is 10.5 Å². The van der Waals surface area contributed by atoms with Crippen LogP contribution in [0.15, 0.2) is 59.2 Å². The summed E-state index contributed by atoms with van der Waals surface area (Å²) in [5, 5.41) is 9.71. The standard InChI is InChI=1S/C30H32N2O4/c1-4-35-28-17-23(14-15-27(28)36-19-22-12-10-20(2)11-13-22)16-25-21(3)26(18-31)30(34)32(29(25)33)24-8-6-5-7-9-24/h10-17,24H,4-9,19H2,1-3H3/b25-16+. The topological polar surface area (TPSA) is 79.6 Å². The van der Waals surface area contributed by atoms with Crippen LogP contribution in [0, 0.1) is 18.3 Å². The molecule has 1 heterocycles. The Kier molecular flexibility index (Phi) is 7.90. The highest BCUT2D eigenvalue weighted by atomic mass is 16.5. The number of carbonyl (C=O) groups is 2. The zero-order chi connectivity index (χ0) is 25.7. The van der Waals surface area contributed by atoms with E-state index in [1.807, 2.05) is 62.4 Å². The summed E-state index contributed by atoms with van der Waals surface area (Å²) in [6.07, 6.45) is 6.37.